The number of rotatable bonds is 3. The van der Waals surface area contributed by atoms with Crippen LogP contribution in [-0.4, -0.2) is 14.7 Å². The van der Waals surface area contributed by atoms with Crippen LogP contribution in [0.3, 0.4) is 0 Å². The van der Waals surface area contributed by atoms with Crippen molar-refractivity contribution in [1.82, 2.24) is 0 Å². The van der Waals surface area contributed by atoms with E-state index in [0.717, 1.165) is 16.9 Å². The maximum atomic E-state index is 14.5. The van der Waals surface area contributed by atoms with Crippen molar-refractivity contribution in [2.75, 3.05) is 6.26 Å². The Hall–Kier alpha value is -2.92. The molecule has 0 unspecified atom stereocenters. The van der Waals surface area contributed by atoms with Gasteiger partial charge in [0.25, 0.3) is 0 Å². The summed E-state index contributed by atoms with van der Waals surface area (Å²) in [7, 11) is -3.29. The zero-order valence-electron chi connectivity index (χ0n) is 14.6. The first kappa shape index (κ1) is 17.5. The van der Waals surface area contributed by atoms with Gasteiger partial charge in [-0.25, -0.2) is 12.8 Å². The van der Waals surface area contributed by atoms with Crippen molar-refractivity contribution >= 4 is 21.2 Å². The fourth-order valence-electron chi connectivity index (χ4n) is 3.20. The molecule has 0 radical (unpaired) electrons. The minimum Gasteiger partial charge on any atom is -0.456 e. The molecule has 5 heteroatoms. The van der Waals surface area contributed by atoms with Crippen LogP contribution in [0.2, 0.25) is 0 Å². The van der Waals surface area contributed by atoms with E-state index >= 15 is 0 Å². The van der Waals surface area contributed by atoms with Gasteiger partial charge >= 0.3 is 0 Å². The van der Waals surface area contributed by atoms with Gasteiger partial charge in [0.15, 0.2) is 9.84 Å². The lowest BCUT2D eigenvalue weighted by atomic mass is 9.92. The van der Waals surface area contributed by atoms with Crippen LogP contribution >= 0.6 is 0 Å². The van der Waals surface area contributed by atoms with E-state index in [1.54, 1.807) is 42.5 Å². The molecular formula is C22H17FO3S. The molecule has 3 aromatic carbocycles. The van der Waals surface area contributed by atoms with E-state index in [1.807, 2.05) is 24.3 Å². The van der Waals surface area contributed by atoms with Crippen molar-refractivity contribution in [3.05, 3.63) is 95.3 Å². The highest BCUT2D eigenvalue weighted by atomic mass is 32.2. The maximum absolute atomic E-state index is 14.5. The van der Waals surface area contributed by atoms with Crippen LogP contribution < -0.4 is 4.74 Å². The molecular weight excluding hydrogens is 363 g/mol. The number of hydrogen-bond acceptors (Lipinski definition) is 3. The van der Waals surface area contributed by atoms with Crippen LogP contribution in [0.4, 0.5) is 4.39 Å². The molecule has 0 saturated heterocycles. The molecule has 4 rings (SSSR count). The van der Waals surface area contributed by atoms with Crippen LogP contribution in [0.15, 0.2) is 77.7 Å². The number of sulfone groups is 1. The summed E-state index contributed by atoms with van der Waals surface area (Å²) in [6, 6.07) is 20.7. The number of allylic oxidation sites excluding steroid dienone is 1. The highest BCUT2D eigenvalue weighted by Gasteiger charge is 2.24. The quantitative estimate of drug-likeness (QED) is 0.660. The zero-order valence-corrected chi connectivity index (χ0v) is 15.5. The molecule has 0 saturated carbocycles. The lowest BCUT2D eigenvalue weighted by Gasteiger charge is -2.24. The van der Waals surface area contributed by atoms with E-state index in [4.69, 9.17) is 4.74 Å². The summed E-state index contributed by atoms with van der Waals surface area (Å²) in [4.78, 5) is 0.232. The lowest BCUT2D eigenvalue weighted by molar-refractivity contribution is 0.501. The van der Waals surface area contributed by atoms with Crippen molar-refractivity contribution in [2.45, 2.75) is 11.3 Å². The molecule has 3 aromatic rings. The number of para-hydroxylation sites is 1. The Bertz CT molecular complexity index is 1150. The highest BCUT2D eigenvalue weighted by Crippen LogP contribution is 2.39. The minimum absolute atomic E-state index is 0.232. The number of ether oxygens (including phenoxy) is 1. The molecule has 0 bridgehead atoms. The Labute approximate surface area is 157 Å². The van der Waals surface area contributed by atoms with E-state index in [1.165, 1.54) is 12.3 Å². The Morgan fingerprint density at radius 1 is 0.889 bits per heavy atom. The van der Waals surface area contributed by atoms with Crippen LogP contribution in [0, 0.1) is 5.82 Å². The average Bonchev–Trinajstić information content (AvgIpc) is 2.67. The number of fused-ring (bicyclic) bond motifs is 1. The van der Waals surface area contributed by atoms with Crippen molar-refractivity contribution in [3.8, 4) is 5.75 Å². The summed E-state index contributed by atoms with van der Waals surface area (Å²) in [5, 5.41) is 0. The summed E-state index contributed by atoms with van der Waals surface area (Å²) in [6.45, 7) is 0. The van der Waals surface area contributed by atoms with Crippen LogP contribution in [0.5, 0.6) is 5.75 Å². The molecule has 0 spiro atoms. The molecule has 136 valence electrons. The molecule has 0 aliphatic carbocycles. The molecule has 1 aliphatic heterocycles. The van der Waals surface area contributed by atoms with Crippen molar-refractivity contribution in [2.24, 2.45) is 0 Å². The summed E-state index contributed by atoms with van der Waals surface area (Å²) in [5.74, 6) is 0.944. The van der Waals surface area contributed by atoms with E-state index in [2.05, 4.69) is 0 Å². The summed E-state index contributed by atoms with van der Waals surface area (Å²) < 4.78 is 44.1. The van der Waals surface area contributed by atoms with Crippen molar-refractivity contribution < 1.29 is 17.5 Å². The molecule has 27 heavy (non-hydrogen) atoms. The summed E-state index contributed by atoms with van der Waals surface area (Å²) >= 11 is 0. The average molecular weight is 380 g/mol. The van der Waals surface area contributed by atoms with Crippen LogP contribution in [-0.2, 0) is 16.3 Å². The lowest BCUT2D eigenvalue weighted by Crippen LogP contribution is -2.10. The first-order chi connectivity index (χ1) is 12.9. The monoisotopic (exact) mass is 380 g/mol. The Morgan fingerprint density at radius 3 is 2.26 bits per heavy atom. The van der Waals surface area contributed by atoms with Gasteiger partial charge in [-0.2, -0.15) is 0 Å². The van der Waals surface area contributed by atoms with E-state index in [9.17, 15) is 12.8 Å². The van der Waals surface area contributed by atoms with Crippen molar-refractivity contribution in [3.63, 3.8) is 0 Å². The van der Waals surface area contributed by atoms with E-state index in [0.29, 0.717) is 23.3 Å². The number of hydrogen-bond donors (Lipinski definition) is 0. The van der Waals surface area contributed by atoms with Gasteiger partial charge in [-0.3, -0.25) is 0 Å². The predicted octanol–water partition coefficient (Wildman–Crippen LogP) is 4.73. The van der Waals surface area contributed by atoms with Gasteiger partial charge in [0.2, 0.25) is 0 Å². The van der Waals surface area contributed by atoms with E-state index < -0.39 is 9.84 Å². The fraction of sp³-hybridized carbons (Fsp3) is 0.0909. The normalized spacial score (nSPS) is 13.9. The Kier molecular flexibility index (Phi) is 4.32. The fourth-order valence-corrected chi connectivity index (χ4v) is 3.83. The van der Waals surface area contributed by atoms with Gasteiger partial charge in [0, 0.05) is 29.4 Å². The molecule has 0 N–H and O–H groups in total. The van der Waals surface area contributed by atoms with Gasteiger partial charge in [-0.05, 0) is 42.0 Å². The Balaban J connectivity index is 1.88. The third-order valence-corrected chi connectivity index (χ3v) is 5.70. The van der Waals surface area contributed by atoms with Gasteiger partial charge in [0.05, 0.1) is 4.90 Å². The third-order valence-electron chi connectivity index (χ3n) is 4.57. The molecule has 3 nitrogen and oxygen atoms in total. The first-order valence-electron chi connectivity index (χ1n) is 8.48. The predicted molar refractivity (Wildman–Crippen MR) is 104 cm³/mol. The van der Waals surface area contributed by atoms with E-state index in [-0.39, 0.29) is 10.7 Å². The second kappa shape index (κ2) is 6.67. The third kappa shape index (κ3) is 3.38. The Morgan fingerprint density at radius 2 is 1.56 bits per heavy atom. The second-order valence-corrected chi connectivity index (χ2v) is 8.49. The van der Waals surface area contributed by atoms with Gasteiger partial charge in [0.1, 0.15) is 17.3 Å². The molecule has 0 amide bonds. The van der Waals surface area contributed by atoms with Gasteiger partial charge in [-0.15, -0.1) is 0 Å². The maximum Gasteiger partial charge on any atom is 0.175 e. The smallest absolute Gasteiger partial charge is 0.175 e. The van der Waals surface area contributed by atoms with Crippen LogP contribution in [0.1, 0.15) is 16.7 Å². The second-order valence-electron chi connectivity index (χ2n) is 6.47. The van der Waals surface area contributed by atoms with Gasteiger partial charge < -0.3 is 4.74 Å². The summed E-state index contributed by atoms with van der Waals surface area (Å²) in [6.07, 6.45) is 1.69. The zero-order chi connectivity index (χ0) is 19.0. The highest BCUT2D eigenvalue weighted by molar-refractivity contribution is 7.90. The molecule has 0 fully saturated rings. The molecule has 1 heterocycles. The molecule has 1 aliphatic rings. The number of halogens is 1. The number of benzene rings is 3. The first-order valence-corrected chi connectivity index (χ1v) is 10.4. The summed E-state index contributed by atoms with van der Waals surface area (Å²) in [5.41, 5.74) is 2.90. The standard InChI is InChI=1S/C22H17FO3S/c1-27(24,25)17-12-10-15(11-13-17)22-19(18-7-3-4-8-20(18)23)14-16-6-2-5-9-21(16)26-22/h2-13H,14H2,1H3. The van der Waals surface area contributed by atoms with Crippen LogP contribution in [0.25, 0.3) is 11.3 Å². The SMILES string of the molecule is CS(=O)(=O)c1ccc(C2=C(c3ccccc3F)Cc3ccccc3O2)cc1. The minimum atomic E-state index is -3.29. The van der Waals surface area contributed by atoms with Crippen molar-refractivity contribution in [1.29, 1.82) is 0 Å². The van der Waals surface area contributed by atoms with Gasteiger partial charge in [-0.1, -0.05) is 36.4 Å². The molecule has 0 atom stereocenters. The molecule has 0 aromatic heterocycles. The topological polar surface area (TPSA) is 43.4 Å². The largest absolute Gasteiger partial charge is 0.456 e.